The van der Waals surface area contributed by atoms with Crippen LogP contribution in [0.5, 0.6) is 0 Å². The van der Waals surface area contributed by atoms with Gasteiger partial charge in [0, 0.05) is 32.0 Å². The summed E-state index contributed by atoms with van der Waals surface area (Å²) in [5.74, 6) is 2.08. The van der Waals surface area contributed by atoms with Crippen LogP contribution in [0.4, 0.5) is 0 Å². The highest BCUT2D eigenvalue weighted by Crippen LogP contribution is 2.13. The quantitative estimate of drug-likeness (QED) is 0.864. The Labute approximate surface area is 126 Å². The molecule has 0 N–H and O–H groups in total. The highest BCUT2D eigenvalue weighted by Gasteiger charge is 2.16. The van der Waals surface area contributed by atoms with E-state index in [1.807, 2.05) is 25.4 Å². The summed E-state index contributed by atoms with van der Waals surface area (Å²) in [6.45, 7) is 8.48. The van der Waals surface area contributed by atoms with Crippen molar-refractivity contribution in [2.45, 2.75) is 26.4 Å². The molecule has 0 unspecified atom stereocenters. The molecule has 1 aliphatic rings. The van der Waals surface area contributed by atoms with Crippen molar-refractivity contribution >= 4 is 0 Å². The van der Waals surface area contributed by atoms with Gasteiger partial charge >= 0.3 is 0 Å². The molecule has 0 bridgehead atoms. The van der Waals surface area contributed by atoms with Crippen LogP contribution in [0, 0.1) is 6.92 Å². The van der Waals surface area contributed by atoms with Gasteiger partial charge in [-0.3, -0.25) is 14.8 Å². The summed E-state index contributed by atoms with van der Waals surface area (Å²) < 4.78 is 5.69. The Hall–Kier alpha value is -1.65. The molecule has 2 aromatic heterocycles. The Kier molecular flexibility index (Phi) is 4.68. The molecule has 1 aliphatic heterocycles. The minimum absolute atomic E-state index is 0.928. The molecular weight excluding hydrogens is 262 g/mol. The molecule has 1 saturated heterocycles. The van der Waals surface area contributed by atoms with Crippen molar-refractivity contribution in [1.29, 1.82) is 0 Å². The minimum Gasteiger partial charge on any atom is -0.465 e. The van der Waals surface area contributed by atoms with Crippen molar-refractivity contribution in [3.05, 3.63) is 53.7 Å². The zero-order valence-corrected chi connectivity index (χ0v) is 12.7. The van der Waals surface area contributed by atoms with E-state index in [1.165, 1.54) is 12.0 Å². The van der Waals surface area contributed by atoms with E-state index >= 15 is 0 Å². The highest BCUT2D eigenvalue weighted by atomic mass is 16.3. The van der Waals surface area contributed by atoms with Gasteiger partial charge in [-0.25, -0.2) is 0 Å². The molecule has 4 nitrogen and oxygen atoms in total. The van der Waals surface area contributed by atoms with E-state index in [9.17, 15) is 0 Å². The number of rotatable bonds is 4. The molecular formula is C17H23N3O. The number of pyridine rings is 1. The predicted octanol–water partition coefficient (Wildman–Crippen LogP) is 2.69. The van der Waals surface area contributed by atoms with Crippen LogP contribution >= 0.6 is 0 Å². The molecule has 112 valence electrons. The second-order valence-corrected chi connectivity index (χ2v) is 5.77. The van der Waals surface area contributed by atoms with E-state index in [0.717, 1.165) is 50.8 Å². The van der Waals surface area contributed by atoms with Crippen molar-refractivity contribution < 1.29 is 4.42 Å². The Balaban J connectivity index is 1.52. The first-order chi connectivity index (χ1) is 10.3. The van der Waals surface area contributed by atoms with Gasteiger partial charge in [0.15, 0.2) is 0 Å². The second-order valence-electron chi connectivity index (χ2n) is 5.77. The maximum Gasteiger partial charge on any atom is 0.118 e. The topological polar surface area (TPSA) is 32.5 Å². The van der Waals surface area contributed by atoms with E-state index in [0.29, 0.717) is 0 Å². The lowest BCUT2D eigenvalue weighted by Gasteiger charge is -2.21. The van der Waals surface area contributed by atoms with Gasteiger partial charge in [0.1, 0.15) is 11.5 Å². The fourth-order valence-electron chi connectivity index (χ4n) is 2.88. The van der Waals surface area contributed by atoms with Crippen LogP contribution in [0.3, 0.4) is 0 Å². The summed E-state index contributed by atoms with van der Waals surface area (Å²) in [4.78, 5) is 9.10. The van der Waals surface area contributed by atoms with E-state index in [4.69, 9.17) is 4.42 Å². The van der Waals surface area contributed by atoms with Crippen LogP contribution < -0.4 is 0 Å². The van der Waals surface area contributed by atoms with Gasteiger partial charge in [-0.15, -0.1) is 0 Å². The maximum absolute atomic E-state index is 5.69. The first-order valence-corrected chi connectivity index (χ1v) is 7.68. The SMILES string of the molecule is Cc1ccc(CN2CCCN(Cc3ccncc3)CC2)o1. The molecule has 0 saturated carbocycles. The van der Waals surface area contributed by atoms with Crippen LogP contribution in [-0.2, 0) is 13.1 Å². The van der Waals surface area contributed by atoms with Gasteiger partial charge in [-0.05, 0) is 56.3 Å². The average Bonchev–Trinajstić information content (AvgIpc) is 2.77. The lowest BCUT2D eigenvalue weighted by Crippen LogP contribution is -2.30. The monoisotopic (exact) mass is 285 g/mol. The Morgan fingerprint density at radius 2 is 1.67 bits per heavy atom. The van der Waals surface area contributed by atoms with Gasteiger partial charge in [0.2, 0.25) is 0 Å². The van der Waals surface area contributed by atoms with Crippen LogP contribution in [0.2, 0.25) is 0 Å². The molecule has 3 rings (SSSR count). The molecule has 0 atom stereocenters. The Morgan fingerprint density at radius 1 is 0.952 bits per heavy atom. The van der Waals surface area contributed by atoms with Gasteiger partial charge < -0.3 is 4.42 Å². The van der Waals surface area contributed by atoms with Crippen LogP contribution in [-0.4, -0.2) is 41.0 Å². The first kappa shape index (κ1) is 14.3. The number of hydrogen-bond acceptors (Lipinski definition) is 4. The molecule has 0 spiro atoms. The normalized spacial score (nSPS) is 17.8. The number of nitrogens with zero attached hydrogens (tertiary/aromatic N) is 3. The molecule has 0 radical (unpaired) electrons. The smallest absolute Gasteiger partial charge is 0.118 e. The molecule has 4 heteroatoms. The largest absolute Gasteiger partial charge is 0.465 e. The van der Waals surface area contributed by atoms with E-state index in [1.54, 1.807) is 0 Å². The van der Waals surface area contributed by atoms with Crippen molar-refractivity contribution in [3.63, 3.8) is 0 Å². The fourth-order valence-corrected chi connectivity index (χ4v) is 2.88. The van der Waals surface area contributed by atoms with Crippen molar-refractivity contribution in [3.8, 4) is 0 Å². The summed E-state index contributed by atoms with van der Waals surface area (Å²) in [7, 11) is 0. The van der Waals surface area contributed by atoms with E-state index in [-0.39, 0.29) is 0 Å². The molecule has 21 heavy (non-hydrogen) atoms. The third kappa shape index (κ3) is 4.16. The molecule has 0 aliphatic carbocycles. The van der Waals surface area contributed by atoms with Gasteiger partial charge in [0.05, 0.1) is 6.54 Å². The third-order valence-corrected chi connectivity index (χ3v) is 4.01. The summed E-state index contributed by atoms with van der Waals surface area (Å²) >= 11 is 0. The first-order valence-electron chi connectivity index (χ1n) is 7.68. The zero-order valence-electron chi connectivity index (χ0n) is 12.7. The van der Waals surface area contributed by atoms with E-state index < -0.39 is 0 Å². The second kappa shape index (κ2) is 6.87. The third-order valence-electron chi connectivity index (χ3n) is 4.01. The van der Waals surface area contributed by atoms with Crippen molar-refractivity contribution in [1.82, 2.24) is 14.8 Å². The fraction of sp³-hybridized carbons (Fsp3) is 0.471. The lowest BCUT2D eigenvalue weighted by molar-refractivity contribution is 0.233. The number of aryl methyl sites for hydroxylation is 1. The van der Waals surface area contributed by atoms with Crippen LogP contribution in [0.1, 0.15) is 23.5 Å². The van der Waals surface area contributed by atoms with Crippen LogP contribution in [0.15, 0.2) is 41.1 Å². The molecule has 1 fully saturated rings. The van der Waals surface area contributed by atoms with Crippen molar-refractivity contribution in [2.24, 2.45) is 0 Å². The standard InChI is InChI=1S/C17H23N3O/c1-15-3-4-17(21-15)14-20-10-2-9-19(11-12-20)13-16-5-7-18-8-6-16/h3-8H,2,9-14H2,1H3. The predicted molar refractivity (Wildman–Crippen MR) is 82.9 cm³/mol. The minimum atomic E-state index is 0.928. The van der Waals surface area contributed by atoms with Gasteiger partial charge in [-0.1, -0.05) is 0 Å². The van der Waals surface area contributed by atoms with Gasteiger partial charge in [-0.2, -0.15) is 0 Å². The summed E-state index contributed by atoms with van der Waals surface area (Å²) in [6.07, 6.45) is 4.96. The number of hydrogen-bond donors (Lipinski definition) is 0. The lowest BCUT2D eigenvalue weighted by atomic mass is 10.2. The Morgan fingerprint density at radius 3 is 2.33 bits per heavy atom. The Bertz CT molecular complexity index is 552. The molecule has 2 aromatic rings. The van der Waals surface area contributed by atoms with Crippen molar-refractivity contribution in [2.75, 3.05) is 26.2 Å². The van der Waals surface area contributed by atoms with E-state index in [2.05, 4.69) is 33.0 Å². The highest BCUT2D eigenvalue weighted by molar-refractivity contribution is 5.09. The number of furan rings is 1. The number of aromatic nitrogens is 1. The molecule has 3 heterocycles. The summed E-state index contributed by atoms with van der Waals surface area (Å²) in [5, 5.41) is 0. The maximum atomic E-state index is 5.69. The van der Waals surface area contributed by atoms with Gasteiger partial charge in [0.25, 0.3) is 0 Å². The molecule has 0 aromatic carbocycles. The van der Waals surface area contributed by atoms with Crippen LogP contribution in [0.25, 0.3) is 0 Å². The molecule has 0 amide bonds. The summed E-state index contributed by atoms with van der Waals surface area (Å²) in [6, 6.07) is 8.35. The summed E-state index contributed by atoms with van der Waals surface area (Å²) in [5.41, 5.74) is 1.35. The average molecular weight is 285 g/mol. The zero-order chi connectivity index (χ0) is 14.5.